The minimum Gasteiger partial charge on any atom is -0.490 e. The number of nitro groups is 1. The fraction of sp³-hybridized carbons (Fsp3) is 0.219. The molecular weight excluding hydrogens is 600 g/mol. The van der Waals surface area contributed by atoms with E-state index in [2.05, 4.69) is 21.0 Å². The van der Waals surface area contributed by atoms with E-state index in [9.17, 15) is 14.9 Å². The topological polar surface area (TPSA) is 109 Å². The van der Waals surface area contributed by atoms with Crippen LogP contribution in [0.3, 0.4) is 0 Å². The molecule has 0 saturated carbocycles. The Labute approximate surface area is 250 Å². The Bertz CT molecular complexity index is 1880. The molecular formula is C32H29BrN4O5. The Balaban J connectivity index is 1.56. The maximum absolute atomic E-state index is 13.5. The highest BCUT2D eigenvalue weighted by Crippen LogP contribution is 2.39. The first-order valence-corrected chi connectivity index (χ1v) is 14.4. The monoisotopic (exact) mass is 628 g/mol. The standard InChI is InChI=1S/C32H29BrN4O5/c1-4-20(3)31-35-27-14-13-24(33)17-26(27)32(38)36(31)34-18-21-15-28(37(39)40)30(29(16-21)41-5-2)42-19-23-11-8-10-22-9-6-7-12-25(22)23/h6-18,20H,4-5,19H2,1-3H3/t20-/m0/s1. The van der Waals surface area contributed by atoms with E-state index in [4.69, 9.17) is 14.5 Å². The molecule has 0 radical (unpaired) electrons. The van der Waals surface area contributed by atoms with Crippen molar-refractivity contribution in [1.29, 1.82) is 0 Å². The number of halogens is 1. The molecule has 0 aliphatic carbocycles. The van der Waals surface area contributed by atoms with Crippen molar-refractivity contribution in [2.45, 2.75) is 39.7 Å². The van der Waals surface area contributed by atoms with Crippen molar-refractivity contribution in [2.75, 3.05) is 6.61 Å². The molecule has 0 aliphatic heterocycles. The molecule has 1 heterocycles. The van der Waals surface area contributed by atoms with E-state index in [1.165, 1.54) is 17.0 Å². The molecule has 0 spiro atoms. The number of benzene rings is 4. The summed E-state index contributed by atoms with van der Waals surface area (Å²) in [5, 5.41) is 19.1. The Morgan fingerprint density at radius 3 is 2.60 bits per heavy atom. The smallest absolute Gasteiger partial charge is 0.315 e. The van der Waals surface area contributed by atoms with Gasteiger partial charge in [-0.05, 0) is 53.9 Å². The fourth-order valence-electron chi connectivity index (χ4n) is 4.70. The third-order valence-corrected chi connectivity index (χ3v) is 7.51. The molecule has 0 aliphatic rings. The van der Waals surface area contributed by atoms with Crippen LogP contribution in [0.15, 0.2) is 87.2 Å². The molecule has 42 heavy (non-hydrogen) atoms. The minimum absolute atomic E-state index is 0.0293. The number of rotatable bonds is 10. The van der Waals surface area contributed by atoms with Gasteiger partial charge in [-0.1, -0.05) is 72.2 Å². The molecule has 5 aromatic rings. The number of aromatic nitrogens is 2. The van der Waals surface area contributed by atoms with Gasteiger partial charge in [0.25, 0.3) is 5.56 Å². The maximum atomic E-state index is 13.5. The molecule has 0 bridgehead atoms. The molecule has 10 heteroatoms. The van der Waals surface area contributed by atoms with Crippen molar-refractivity contribution in [1.82, 2.24) is 9.66 Å². The van der Waals surface area contributed by atoms with E-state index in [1.807, 2.05) is 62.4 Å². The van der Waals surface area contributed by atoms with Crippen LogP contribution in [0.5, 0.6) is 11.5 Å². The number of hydrogen-bond acceptors (Lipinski definition) is 7. The summed E-state index contributed by atoms with van der Waals surface area (Å²) >= 11 is 3.41. The predicted octanol–water partition coefficient (Wildman–Crippen LogP) is 7.59. The zero-order chi connectivity index (χ0) is 29.8. The van der Waals surface area contributed by atoms with Gasteiger partial charge < -0.3 is 9.47 Å². The van der Waals surface area contributed by atoms with Gasteiger partial charge in [0.2, 0.25) is 5.75 Å². The summed E-state index contributed by atoms with van der Waals surface area (Å²) in [4.78, 5) is 29.9. The molecule has 0 saturated heterocycles. The summed E-state index contributed by atoms with van der Waals surface area (Å²) in [6.45, 7) is 6.15. The zero-order valence-corrected chi connectivity index (χ0v) is 25.0. The lowest BCUT2D eigenvalue weighted by Crippen LogP contribution is -2.23. The van der Waals surface area contributed by atoms with E-state index in [-0.39, 0.29) is 41.9 Å². The van der Waals surface area contributed by atoms with Gasteiger partial charge in [0, 0.05) is 22.0 Å². The van der Waals surface area contributed by atoms with E-state index < -0.39 is 4.92 Å². The van der Waals surface area contributed by atoms with Gasteiger partial charge in [0.05, 0.1) is 28.6 Å². The lowest BCUT2D eigenvalue weighted by Gasteiger charge is -2.15. The Kier molecular flexibility index (Phi) is 8.63. The minimum atomic E-state index is -0.510. The van der Waals surface area contributed by atoms with Crippen LogP contribution in [0.2, 0.25) is 0 Å². The Morgan fingerprint density at radius 2 is 1.83 bits per heavy atom. The second-order valence-corrected chi connectivity index (χ2v) is 10.7. The molecule has 0 fully saturated rings. The highest BCUT2D eigenvalue weighted by Gasteiger charge is 2.23. The fourth-order valence-corrected chi connectivity index (χ4v) is 5.06. The molecule has 5 rings (SSSR count). The van der Waals surface area contributed by atoms with E-state index in [0.29, 0.717) is 22.3 Å². The maximum Gasteiger partial charge on any atom is 0.315 e. The third-order valence-electron chi connectivity index (χ3n) is 7.01. The first kappa shape index (κ1) is 28.9. The van der Waals surface area contributed by atoms with Gasteiger partial charge in [-0.3, -0.25) is 14.9 Å². The number of fused-ring (bicyclic) bond motifs is 2. The van der Waals surface area contributed by atoms with Gasteiger partial charge in [-0.2, -0.15) is 9.78 Å². The Hall–Kier alpha value is -4.57. The van der Waals surface area contributed by atoms with Gasteiger partial charge in [-0.25, -0.2) is 4.98 Å². The molecule has 1 atom stereocenters. The van der Waals surface area contributed by atoms with E-state index in [0.717, 1.165) is 27.2 Å². The van der Waals surface area contributed by atoms with Crippen LogP contribution < -0.4 is 15.0 Å². The summed E-state index contributed by atoms with van der Waals surface area (Å²) < 4.78 is 13.9. The van der Waals surface area contributed by atoms with Crippen molar-refractivity contribution < 1.29 is 14.4 Å². The van der Waals surface area contributed by atoms with Crippen LogP contribution >= 0.6 is 15.9 Å². The SMILES string of the molecule is CCOc1cc(C=Nn2c([C@@H](C)CC)nc3ccc(Br)cc3c2=O)cc([N+](=O)[O-])c1OCc1cccc2ccccc12. The quantitative estimate of drug-likeness (QED) is 0.0895. The molecule has 0 unspecified atom stereocenters. The molecule has 214 valence electrons. The van der Waals surface area contributed by atoms with Crippen molar-refractivity contribution in [3.8, 4) is 11.5 Å². The molecule has 9 nitrogen and oxygen atoms in total. The largest absolute Gasteiger partial charge is 0.490 e. The average molecular weight is 630 g/mol. The van der Waals surface area contributed by atoms with Crippen molar-refractivity contribution >= 4 is 49.5 Å². The van der Waals surface area contributed by atoms with Crippen molar-refractivity contribution in [2.24, 2.45) is 5.10 Å². The van der Waals surface area contributed by atoms with Crippen LogP contribution in [-0.2, 0) is 6.61 Å². The van der Waals surface area contributed by atoms with Gasteiger partial charge in [-0.15, -0.1) is 0 Å². The Morgan fingerprint density at radius 1 is 1.05 bits per heavy atom. The first-order valence-electron chi connectivity index (χ1n) is 13.6. The number of hydrogen-bond donors (Lipinski definition) is 0. The summed E-state index contributed by atoms with van der Waals surface area (Å²) in [6, 6.07) is 22.1. The summed E-state index contributed by atoms with van der Waals surface area (Å²) in [7, 11) is 0. The number of nitro benzene ring substituents is 1. The van der Waals surface area contributed by atoms with Crippen LogP contribution in [0, 0.1) is 10.1 Å². The van der Waals surface area contributed by atoms with Crippen LogP contribution in [0.1, 0.15) is 50.1 Å². The second-order valence-electron chi connectivity index (χ2n) is 9.79. The highest BCUT2D eigenvalue weighted by molar-refractivity contribution is 9.10. The van der Waals surface area contributed by atoms with E-state index >= 15 is 0 Å². The molecule has 1 aromatic heterocycles. The third kappa shape index (κ3) is 5.89. The normalized spacial score (nSPS) is 12.2. The van der Waals surface area contributed by atoms with Crippen LogP contribution in [0.25, 0.3) is 21.7 Å². The highest BCUT2D eigenvalue weighted by atomic mass is 79.9. The lowest BCUT2D eigenvalue weighted by molar-refractivity contribution is -0.386. The van der Waals surface area contributed by atoms with Gasteiger partial charge in [0.15, 0.2) is 5.75 Å². The number of nitrogens with zero attached hydrogens (tertiary/aromatic N) is 4. The van der Waals surface area contributed by atoms with Crippen LogP contribution in [-0.4, -0.2) is 27.4 Å². The van der Waals surface area contributed by atoms with E-state index in [1.54, 1.807) is 25.1 Å². The second kappa shape index (κ2) is 12.5. The summed E-state index contributed by atoms with van der Waals surface area (Å²) in [6.07, 6.45) is 2.15. The lowest BCUT2D eigenvalue weighted by atomic mass is 10.1. The first-order chi connectivity index (χ1) is 20.3. The van der Waals surface area contributed by atoms with Gasteiger partial charge in [0.1, 0.15) is 12.4 Å². The van der Waals surface area contributed by atoms with Crippen molar-refractivity contribution in [3.63, 3.8) is 0 Å². The average Bonchev–Trinajstić information content (AvgIpc) is 2.99. The number of ether oxygens (including phenoxy) is 2. The molecule has 0 N–H and O–H groups in total. The molecule has 0 amide bonds. The summed E-state index contributed by atoms with van der Waals surface area (Å²) in [5.41, 5.74) is 1.24. The van der Waals surface area contributed by atoms with Crippen LogP contribution in [0.4, 0.5) is 5.69 Å². The van der Waals surface area contributed by atoms with Gasteiger partial charge >= 0.3 is 5.69 Å². The zero-order valence-electron chi connectivity index (χ0n) is 23.4. The predicted molar refractivity (Wildman–Crippen MR) is 168 cm³/mol. The summed E-state index contributed by atoms with van der Waals surface area (Å²) in [5.74, 6) is 0.689. The molecule has 4 aromatic carbocycles. The van der Waals surface area contributed by atoms with Crippen molar-refractivity contribution in [3.05, 3.63) is 115 Å².